The number of carbonyl (C=O) groups excluding carboxylic acids is 3. The van der Waals surface area contributed by atoms with Crippen LogP contribution in [-0.4, -0.2) is 78.4 Å². The van der Waals surface area contributed by atoms with Gasteiger partial charge in [0.05, 0.1) is 6.54 Å². The van der Waals surface area contributed by atoms with Crippen LogP contribution in [0.4, 0.5) is 4.79 Å². The van der Waals surface area contributed by atoms with Crippen molar-refractivity contribution in [2.24, 2.45) is 0 Å². The highest BCUT2D eigenvalue weighted by Crippen LogP contribution is 2.11. The lowest BCUT2D eigenvalue weighted by atomic mass is 10.1. The largest absolute Gasteiger partial charge is 0.336 e. The summed E-state index contributed by atoms with van der Waals surface area (Å²) in [7, 11) is 0. The van der Waals surface area contributed by atoms with Crippen molar-refractivity contribution in [3.05, 3.63) is 35.4 Å². The Morgan fingerprint density at radius 3 is 2.28 bits per heavy atom. The molecule has 0 radical (unpaired) electrons. The van der Waals surface area contributed by atoms with Crippen LogP contribution < -0.4 is 5.32 Å². The number of nitrogens with one attached hydrogen (secondary N) is 1. The van der Waals surface area contributed by atoms with Gasteiger partial charge in [0.2, 0.25) is 5.91 Å². The van der Waals surface area contributed by atoms with E-state index in [1.165, 1.54) is 10.5 Å². The zero-order chi connectivity index (χ0) is 17.8. The van der Waals surface area contributed by atoms with Crippen molar-refractivity contribution >= 4 is 17.8 Å². The molecule has 2 saturated heterocycles. The second-order valence-corrected chi connectivity index (χ2v) is 6.40. The number of nitrogens with zero attached hydrogens (tertiary/aromatic N) is 3. The zero-order valence-corrected chi connectivity index (χ0v) is 14.5. The molecule has 7 nitrogen and oxygen atoms in total. The number of hydrogen-bond donors (Lipinski definition) is 1. The fraction of sp³-hybridized carbons (Fsp3) is 0.500. The van der Waals surface area contributed by atoms with E-state index in [4.69, 9.17) is 0 Å². The highest BCUT2D eigenvalue weighted by molar-refractivity contribution is 5.97. The normalized spacial score (nSPS) is 18.4. The van der Waals surface area contributed by atoms with Gasteiger partial charge in [-0.1, -0.05) is 19.1 Å². The average molecular weight is 344 g/mol. The van der Waals surface area contributed by atoms with Crippen LogP contribution in [-0.2, 0) is 11.2 Å². The molecule has 0 aliphatic carbocycles. The van der Waals surface area contributed by atoms with Gasteiger partial charge in [-0.3, -0.25) is 19.4 Å². The van der Waals surface area contributed by atoms with Gasteiger partial charge in [-0.15, -0.1) is 0 Å². The summed E-state index contributed by atoms with van der Waals surface area (Å²) in [4.78, 5) is 41.3. The van der Waals surface area contributed by atoms with Crippen LogP contribution >= 0.6 is 0 Å². The number of imide groups is 1. The monoisotopic (exact) mass is 344 g/mol. The molecule has 1 aromatic carbocycles. The molecule has 0 spiro atoms. The molecule has 134 valence electrons. The lowest BCUT2D eigenvalue weighted by Crippen LogP contribution is -2.51. The molecular formula is C18H24N4O3. The number of benzene rings is 1. The van der Waals surface area contributed by atoms with E-state index >= 15 is 0 Å². The Hall–Kier alpha value is -2.41. The topological polar surface area (TPSA) is 73.0 Å². The maximum Gasteiger partial charge on any atom is 0.324 e. The smallest absolute Gasteiger partial charge is 0.324 e. The van der Waals surface area contributed by atoms with E-state index in [2.05, 4.69) is 12.2 Å². The molecule has 1 N–H and O–H groups in total. The molecule has 1 aromatic rings. The first-order valence-corrected chi connectivity index (χ1v) is 8.77. The molecule has 0 bridgehead atoms. The fourth-order valence-electron chi connectivity index (χ4n) is 3.16. The summed E-state index contributed by atoms with van der Waals surface area (Å²) in [5.41, 5.74) is 1.92. The standard InChI is InChI=1S/C18H24N4O3/c1-2-14-3-5-15(6-4-14)17(24)21-11-9-20(10-12-21)13-16(23)22-8-7-19-18(22)25/h3-6H,2,7-13H2,1H3,(H,19,25). The van der Waals surface area contributed by atoms with Crippen molar-refractivity contribution in [3.63, 3.8) is 0 Å². The maximum absolute atomic E-state index is 12.6. The number of rotatable bonds is 4. The van der Waals surface area contributed by atoms with Gasteiger partial charge in [0.1, 0.15) is 0 Å². The van der Waals surface area contributed by atoms with E-state index in [0.29, 0.717) is 44.8 Å². The summed E-state index contributed by atoms with van der Waals surface area (Å²) in [5.74, 6) is -0.141. The van der Waals surface area contributed by atoms with Crippen molar-refractivity contribution in [2.45, 2.75) is 13.3 Å². The van der Waals surface area contributed by atoms with Gasteiger partial charge in [-0.2, -0.15) is 0 Å². The van der Waals surface area contributed by atoms with Gasteiger partial charge in [0, 0.05) is 44.8 Å². The number of urea groups is 1. The summed E-state index contributed by atoms with van der Waals surface area (Å²) in [6.45, 7) is 5.72. The van der Waals surface area contributed by atoms with Crippen LogP contribution in [0.2, 0.25) is 0 Å². The highest BCUT2D eigenvalue weighted by Gasteiger charge is 2.29. The molecule has 2 aliphatic rings. The van der Waals surface area contributed by atoms with E-state index in [9.17, 15) is 14.4 Å². The maximum atomic E-state index is 12.6. The Bertz CT molecular complexity index is 651. The average Bonchev–Trinajstić information content (AvgIpc) is 3.08. The van der Waals surface area contributed by atoms with Crippen molar-refractivity contribution in [3.8, 4) is 0 Å². The number of piperazine rings is 1. The Morgan fingerprint density at radius 1 is 1.04 bits per heavy atom. The van der Waals surface area contributed by atoms with E-state index in [-0.39, 0.29) is 24.4 Å². The summed E-state index contributed by atoms with van der Waals surface area (Å²) >= 11 is 0. The van der Waals surface area contributed by atoms with E-state index in [1.54, 1.807) is 0 Å². The molecule has 0 unspecified atom stereocenters. The highest BCUT2D eigenvalue weighted by atomic mass is 16.2. The Labute approximate surface area is 147 Å². The lowest BCUT2D eigenvalue weighted by molar-refractivity contribution is -0.129. The van der Waals surface area contributed by atoms with Gasteiger partial charge < -0.3 is 10.2 Å². The molecule has 0 aromatic heterocycles. The number of aryl methyl sites for hydroxylation is 1. The first kappa shape index (κ1) is 17.4. The number of amides is 4. The molecule has 0 atom stereocenters. The zero-order valence-electron chi connectivity index (χ0n) is 14.5. The minimum atomic E-state index is -0.311. The van der Waals surface area contributed by atoms with Crippen LogP contribution in [0.25, 0.3) is 0 Å². The summed E-state index contributed by atoms with van der Waals surface area (Å²) in [6.07, 6.45) is 0.955. The molecule has 2 aliphatic heterocycles. The summed E-state index contributed by atoms with van der Waals surface area (Å²) < 4.78 is 0. The number of hydrogen-bond acceptors (Lipinski definition) is 4. The second kappa shape index (κ2) is 7.65. The summed E-state index contributed by atoms with van der Waals surface area (Å²) in [5, 5.41) is 2.63. The molecule has 2 fully saturated rings. The Balaban J connectivity index is 1.50. The molecule has 3 rings (SSSR count). The van der Waals surface area contributed by atoms with Gasteiger partial charge >= 0.3 is 6.03 Å². The van der Waals surface area contributed by atoms with Crippen LogP contribution in [0.1, 0.15) is 22.8 Å². The van der Waals surface area contributed by atoms with Crippen molar-refractivity contribution in [2.75, 3.05) is 45.8 Å². The summed E-state index contributed by atoms with van der Waals surface area (Å²) in [6, 6.07) is 7.42. The number of carbonyl (C=O) groups is 3. The van der Waals surface area contributed by atoms with Gasteiger partial charge in [-0.25, -0.2) is 4.79 Å². The van der Waals surface area contributed by atoms with E-state index < -0.39 is 0 Å². The van der Waals surface area contributed by atoms with Crippen LogP contribution in [0.5, 0.6) is 0 Å². The van der Waals surface area contributed by atoms with E-state index in [0.717, 1.165) is 6.42 Å². The predicted octanol–water partition coefficient (Wildman–Crippen LogP) is 0.559. The van der Waals surface area contributed by atoms with E-state index in [1.807, 2.05) is 34.1 Å². The molecule has 2 heterocycles. The van der Waals surface area contributed by atoms with Crippen LogP contribution in [0.3, 0.4) is 0 Å². The fourth-order valence-corrected chi connectivity index (χ4v) is 3.16. The van der Waals surface area contributed by atoms with Gasteiger partial charge in [-0.05, 0) is 24.1 Å². The predicted molar refractivity (Wildman–Crippen MR) is 93.3 cm³/mol. The minimum Gasteiger partial charge on any atom is -0.336 e. The molecule has 7 heteroatoms. The molecule has 25 heavy (non-hydrogen) atoms. The third-order valence-corrected chi connectivity index (χ3v) is 4.79. The second-order valence-electron chi connectivity index (χ2n) is 6.40. The molecular weight excluding hydrogens is 320 g/mol. The third kappa shape index (κ3) is 3.99. The minimum absolute atomic E-state index is 0.0348. The lowest BCUT2D eigenvalue weighted by Gasteiger charge is -2.34. The Morgan fingerprint density at radius 2 is 1.72 bits per heavy atom. The van der Waals surface area contributed by atoms with Crippen LogP contribution in [0, 0.1) is 0 Å². The van der Waals surface area contributed by atoms with Crippen molar-refractivity contribution in [1.29, 1.82) is 0 Å². The SMILES string of the molecule is CCc1ccc(C(=O)N2CCN(CC(=O)N3CCNC3=O)CC2)cc1. The molecule has 4 amide bonds. The van der Waals surface area contributed by atoms with Gasteiger partial charge in [0.25, 0.3) is 5.91 Å². The van der Waals surface area contributed by atoms with Crippen LogP contribution in [0.15, 0.2) is 24.3 Å². The first-order valence-electron chi connectivity index (χ1n) is 8.77. The first-order chi connectivity index (χ1) is 12.1. The van der Waals surface area contributed by atoms with Crippen molar-refractivity contribution < 1.29 is 14.4 Å². The van der Waals surface area contributed by atoms with Gasteiger partial charge in [0.15, 0.2) is 0 Å². The molecule has 0 saturated carbocycles. The Kier molecular flexibility index (Phi) is 5.33. The van der Waals surface area contributed by atoms with Crippen molar-refractivity contribution in [1.82, 2.24) is 20.0 Å². The third-order valence-electron chi connectivity index (χ3n) is 4.79. The quantitative estimate of drug-likeness (QED) is 0.866.